The Balaban J connectivity index is 1.91. The zero-order valence-electron chi connectivity index (χ0n) is 23.5. The van der Waals surface area contributed by atoms with E-state index < -0.39 is 0 Å². The number of fused-ring (bicyclic) bond motifs is 2. The van der Waals surface area contributed by atoms with Crippen LogP contribution in [-0.4, -0.2) is 42.7 Å². The second kappa shape index (κ2) is 11.5. The van der Waals surface area contributed by atoms with Gasteiger partial charge in [0.1, 0.15) is 34.5 Å². The van der Waals surface area contributed by atoms with Gasteiger partial charge >= 0.3 is 0 Å². The van der Waals surface area contributed by atoms with Gasteiger partial charge in [-0.1, -0.05) is 24.3 Å². The van der Waals surface area contributed by atoms with Gasteiger partial charge in [-0.2, -0.15) is 0 Å². The summed E-state index contributed by atoms with van der Waals surface area (Å²) >= 11 is 0. The molecule has 204 valence electrons. The van der Waals surface area contributed by atoms with Gasteiger partial charge in [0, 0.05) is 23.3 Å². The van der Waals surface area contributed by atoms with Crippen molar-refractivity contribution in [2.24, 2.45) is 0 Å². The third-order valence-electron chi connectivity index (χ3n) is 7.05. The fraction of sp³-hybridized carbons (Fsp3) is 0.176. The lowest BCUT2D eigenvalue weighted by Gasteiger charge is -2.20. The number of rotatable bonds is 8. The van der Waals surface area contributed by atoms with Gasteiger partial charge in [0.25, 0.3) is 0 Å². The Hall–Kier alpha value is -4.84. The second-order valence-corrected chi connectivity index (χ2v) is 9.16. The van der Waals surface area contributed by atoms with Crippen molar-refractivity contribution in [1.82, 2.24) is 0 Å². The molecule has 6 nitrogen and oxygen atoms in total. The lowest BCUT2D eigenvalue weighted by molar-refractivity contribution is 0.392. The van der Waals surface area contributed by atoms with Crippen LogP contribution in [0.4, 0.5) is 0 Å². The number of ether oxygens (including phenoxy) is 6. The molecule has 0 bridgehead atoms. The maximum absolute atomic E-state index is 5.99. The molecule has 0 heterocycles. The minimum absolute atomic E-state index is 0.682. The molecule has 4 aromatic rings. The van der Waals surface area contributed by atoms with Crippen LogP contribution < -0.4 is 28.4 Å². The van der Waals surface area contributed by atoms with Crippen LogP contribution in [-0.2, 0) is 0 Å². The largest absolute Gasteiger partial charge is 0.497 e. The van der Waals surface area contributed by atoms with Crippen molar-refractivity contribution in [2.75, 3.05) is 42.7 Å². The summed E-state index contributed by atoms with van der Waals surface area (Å²) in [6.07, 6.45) is 4.31. The van der Waals surface area contributed by atoms with Crippen LogP contribution in [0.1, 0.15) is 33.4 Å². The standard InChI is InChI=1S/C34H32O6/c1-35-24-11-7-21(8-12-24)15-29-30-18-27(38-4)20-32(40-6)34(30)28(22-9-13-25(36-2)14-10-22)17-23-16-26(37-3)19-31(39-5)33(23)29/h7-20H,1-6H3/b29-15+. The molecule has 0 aliphatic heterocycles. The molecular formula is C34H32O6. The first-order chi connectivity index (χ1) is 19.5. The third-order valence-corrected chi connectivity index (χ3v) is 7.05. The summed E-state index contributed by atoms with van der Waals surface area (Å²) in [5, 5.41) is 0. The number of benzene rings is 4. The Kier molecular flexibility index (Phi) is 7.69. The first-order valence-electron chi connectivity index (χ1n) is 12.8. The maximum Gasteiger partial charge on any atom is 0.131 e. The molecule has 0 spiro atoms. The molecule has 0 radical (unpaired) electrons. The van der Waals surface area contributed by atoms with Gasteiger partial charge in [0.05, 0.1) is 42.7 Å². The Bertz CT molecular complexity index is 1580. The molecule has 0 unspecified atom stereocenters. The van der Waals surface area contributed by atoms with E-state index in [0.29, 0.717) is 23.0 Å². The summed E-state index contributed by atoms with van der Waals surface area (Å²) in [6, 6.07) is 23.9. The van der Waals surface area contributed by atoms with Crippen LogP contribution in [0, 0.1) is 0 Å². The summed E-state index contributed by atoms with van der Waals surface area (Å²) in [5.41, 5.74) is 7.68. The van der Waals surface area contributed by atoms with Crippen LogP contribution in [0.5, 0.6) is 34.5 Å². The zero-order valence-corrected chi connectivity index (χ0v) is 23.5. The fourth-order valence-corrected chi connectivity index (χ4v) is 5.03. The summed E-state index contributed by atoms with van der Waals surface area (Å²) in [6.45, 7) is 0. The average Bonchev–Trinajstić information content (AvgIpc) is 3.15. The summed E-state index contributed by atoms with van der Waals surface area (Å²) < 4.78 is 34.2. The second-order valence-electron chi connectivity index (χ2n) is 9.16. The third kappa shape index (κ3) is 4.96. The van der Waals surface area contributed by atoms with E-state index >= 15 is 0 Å². The van der Waals surface area contributed by atoms with Crippen molar-refractivity contribution >= 4 is 23.3 Å². The van der Waals surface area contributed by atoms with Crippen molar-refractivity contribution in [3.05, 3.63) is 106 Å². The minimum atomic E-state index is 0.682. The predicted octanol–water partition coefficient (Wildman–Crippen LogP) is 7.23. The van der Waals surface area contributed by atoms with Gasteiger partial charge in [-0.25, -0.2) is 0 Å². The van der Waals surface area contributed by atoms with Gasteiger partial charge in [0.2, 0.25) is 0 Å². The molecule has 6 heteroatoms. The molecular weight excluding hydrogens is 504 g/mol. The van der Waals surface area contributed by atoms with Gasteiger partial charge < -0.3 is 28.4 Å². The Morgan fingerprint density at radius 3 is 1.57 bits per heavy atom. The van der Waals surface area contributed by atoms with Gasteiger partial charge in [-0.3, -0.25) is 0 Å². The van der Waals surface area contributed by atoms with E-state index in [4.69, 9.17) is 28.4 Å². The molecule has 4 aromatic carbocycles. The summed E-state index contributed by atoms with van der Waals surface area (Å²) in [4.78, 5) is 0. The normalized spacial score (nSPS) is 12.9. The van der Waals surface area contributed by atoms with Crippen molar-refractivity contribution < 1.29 is 28.4 Å². The topological polar surface area (TPSA) is 55.4 Å². The first-order valence-corrected chi connectivity index (χ1v) is 12.8. The highest BCUT2D eigenvalue weighted by molar-refractivity contribution is 6.08. The smallest absolute Gasteiger partial charge is 0.131 e. The van der Waals surface area contributed by atoms with E-state index in [1.54, 1.807) is 42.7 Å². The van der Waals surface area contributed by atoms with Crippen molar-refractivity contribution in [3.63, 3.8) is 0 Å². The van der Waals surface area contributed by atoms with Crippen molar-refractivity contribution in [1.29, 1.82) is 0 Å². The SMILES string of the molecule is COc1ccc(/C=C2\c3cc(OC)cc(OC)c3C(c3ccc(OC)cc3)=Cc3cc(OC)cc(OC)c32)cc1. The van der Waals surface area contributed by atoms with Gasteiger partial charge in [-0.05, 0) is 82.0 Å². The molecule has 0 aromatic heterocycles. The van der Waals surface area contributed by atoms with Crippen LogP contribution in [0.2, 0.25) is 0 Å². The fourth-order valence-electron chi connectivity index (χ4n) is 5.03. The first kappa shape index (κ1) is 26.8. The highest BCUT2D eigenvalue weighted by Gasteiger charge is 2.28. The predicted molar refractivity (Wildman–Crippen MR) is 159 cm³/mol. The molecule has 1 aliphatic rings. The van der Waals surface area contributed by atoms with Crippen molar-refractivity contribution in [3.8, 4) is 34.5 Å². The summed E-state index contributed by atoms with van der Waals surface area (Å²) in [5.74, 6) is 4.33. The molecule has 0 saturated carbocycles. The van der Waals surface area contributed by atoms with Crippen LogP contribution in [0.3, 0.4) is 0 Å². The molecule has 5 rings (SSSR count). The zero-order chi connectivity index (χ0) is 28.2. The Morgan fingerprint density at radius 2 is 1.02 bits per heavy atom. The molecule has 0 N–H and O–H groups in total. The van der Waals surface area contributed by atoms with E-state index in [2.05, 4.69) is 12.2 Å². The van der Waals surface area contributed by atoms with E-state index in [1.165, 1.54) is 0 Å². The summed E-state index contributed by atoms with van der Waals surface area (Å²) in [7, 11) is 9.98. The lowest BCUT2D eigenvalue weighted by Crippen LogP contribution is -2.01. The van der Waals surface area contributed by atoms with Gasteiger partial charge in [0.15, 0.2) is 0 Å². The molecule has 1 aliphatic carbocycles. The minimum Gasteiger partial charge on any atom is -0.497 e. The highest BCUT2D eigenvalue weighted by atomic mass is 16.5. The number of hydrogen-bond acceptors (Lipinski definition) is 6. The highest BCUT2D eigenvalue weighted by Crippen LogP contribution is 2.49. The van der Waals surface area contributed by atoms with E-state index in [9.17, 15) is 0 Å². The van der Waals surface area contributed by atoms with E-state index in [-0.39, 0.29) is 0 Å². The van der Waals surface area contributed by atoms with Crippen LogP contribution in [0.15, 0.2) is 72.8 Å². The maximum atomic E-state index is 5.99. The van der Waals surface area contributed by atoms with E-state index in [1.807, 2.05) is 72.8 Å². The Labute approximate surface area is 235 Å². The molecule has 0 atom stereocenters. The Morgan fingerprint density at radius 1 is 0.500 bits per heavy atom. The lowest BCUT2D eigenvalue weighted by atomic mass is 9.88. The van der Waals surface area contributed by atoms with Crippen LogP contribution in [0.25, 0.3) is 23.3 Å². The molecule has 0 amide bonds. The quantitative estimate of drug-likeness (QED) is 0.209. The average molecular weight is 537 g/mol. The number of hydrogen-bond donors (Lipinski definition) is 0. The van der Waals surface area contributed by atoms with Crippen molar-refractivity contribution in [2.45, 2.75) is 0 Å². The molecule has 0 saturated heterocycles. The van der Waals surface area contributed by atoms with Gasteiger partial charge in [-0.15, -0.1) is 0 Å². The number of methoxy groups -OCH3 is 6. The van der Waals surface area contributed by atoms with E-state index in [0.717, 1.165) is 56.0 Å². The molecule has 40 heavy (non-hydrogen) atoms. The molecule has 0 fully saturated rings. The monoisotopic (exact) mass is 536 g/mol. The van der Waals surface area contributed by atoms with Crippen LogP contribution >= 0.6 is 0 Å².